The summed E-state index contributed by atoms with van der Waals surface area (Å²) in [6.45, 7) is 5.52. The maximum atomic E-state index is 14.8. The lowest BCUT2D eigenvalue weighted by molar-refractivity contribution is -0.146. The van der Waals surface area contributed by atoms with Crippen molar-refractivity contribution in [1.29, 1.82) is 0 Å². The first-order valence-corrected chi connectivity index (χ1v) is 13.3. The summed E-state index contributed by atoms with van der Waals surface area (Å²) in [4.78, 5) is 24.4. The minimum atomic E-state index is -3.86. The number of imidazole rings is 1. The SMILES string of the molecule is CC(C)COC(=O)C(C)NP(=O)(CO[C@@H]1C=C(F)[C@H](n2cnc3c(N)ncnc32)O1)Oc1ccccc1. The highest BCUT2D eigenvalue weighted by Gasteiger charge is 2.36. The van der Waals surface area contributed by atoms with Crippen LogP contribution in [-0.4, -0.2) is 50.8 Å². The van der Waals surface area contributed by atoms with Crippen molar-refractivity contribution in [3.05, 3.63) is 54.9 Å². The number of nitrogens with zero attached hydrogens (tertiary/aromatic N) is 4. The number of halogens is 1. The molecule has 0 saturated heterocycles. The number of para-hydroxylation sites is 1. The molecule has 4 atom stereocenters. The zero-order chi connectivity index (χ0) is 26.6. The van der Waals surface area contributed by atoms with Gasteiger partial charge in [0, 0.05) is 6.08 Å². The van der Waals surface area contributed by atoms with E-state index in [9.17, 15) is 13.8 Å². The van der Waals surface area contributed by atoms with Crippen LogP contribution in [0, 0.1) is 5.92 Å². The highest BCUT2D eigenvalue weighted by atomic mass is 31.2. The van der Waals surface area contributed by atoms with Gasteiger partial charge in [0.25, 0.3) is 0 Å². The Hall–Kier alpha value is -3.38. The van der Waals surface area contributed by atoms with Crippen LogP contribution in [0.25, 0.3) is 11.2 Å². The minimum Gasteiger partial charge on any atom is -0.464 e. The zero-order valence-corrected chi connectivity index (χ0v) is 21.4. The van der Waals surface area contributed by atoms with Gasteiger partial charge in [-0.15, -0.1) is 0 Å². The number of nitrogen functional groups attached to an aromatic ring is 1. The second kappa shape index (κ2) is 11.3. The van der Waals surface area contributed by atoms with E-state index in [2.05, 4.69) is 20.0 Å². The molecule has 0 amide bonds. The number of benzene rings is 1. The van der Waals surface area contributed by atoms with Crippen LogP contribution in [0.3, 0.4) is 0 Å². The number of hydrogen-bond donors (Lipinski definition) is 2. The Labute approximate surface area is 212 Å². The molecule has 0 radical (unpaired) electrons. The van der Waals surface area contributed by atoms with E-state index in [0.717, 1.165) is 6.08 Å². The van der Waals surface area contributed by atoms with Crippen LogP contribution < -0.4 is 15.3 Å². The second-order valence-electron chi connectivity index (χ2n) is 8.74. The highest BCUT2D eigenvalue weighted by Crippen LogP contribution is 2.45. The molecule has 0 aliphatic carbocycles. The molecule has 0 fully saturated rings. The van der Waals surface area contributed by atoms with Gasteiger partial charge in [-0.05, 0) is 25.0 Å². The Morgan fingerprint density at radius 2 is 2.00 bits per heavy atom. The fourth-order valence-electron chi connectivity index (χ4n) is 3.41. The van der Waals surface area contributed by atoms with Crippen molar-refractivity contribution in [2.24, 2.45) is 5.92 Å². The van der Waals surface area contributed by atoms with E-state index >= 15 is 0 Å². The van der Waals surface area contributed by atoms with Gasteiger partial charge in [0.2, 0.25) is 0 Å². The van der Waals surface area contributed by atoms with Gasteiger partial charge >= 0.3 is 13.5 Å². The van der Waals surface area contributed by atoms with Gasteiger partial charge in [-0.2, -0.15) is 0 Å². The Bertz CT molecular complexity index is 1320. The predicted octanol–water partition coefficient (Wildman–Crippen LogP) is 3.54. The van der Waals surface area contributed by atoms with E-state index in [0.29, 0.717) is 11.3 Å². The molecule has 37 heavy (non-hydrogen) atoms. The number of anilines is 1. The van der Waals surface area contributed by atoms with Crippen LogP contribution in [0.4, 0.5) is 10.2 Å². The topological polar surface area (TPSA) is 153 Å². The summed E-state index contributed by atoms with van der Waals surface area (Å²) < 4.78 is 52.1. The van der Waals surface area contributed by atoms with Crippen LogP contribution in [0.15, 0.2) is 54.9 Å². The van der Waals surface area contributed by atoms with Crippen molar-refractivity contribution in [2.75, 3.05) is 18.7 Å². The molecule has 1 aliphatic heterocycles. The Kier molecular flexibility index (Phi) is 8.18. The van der Waals surface area contributed by atoms with E-state index in [-0.39, 0.29) is 24.0 Å². The van der Waals surface area contributed by atoms with Gasteiger partial charge in [0.15, 0.2) is 36.2 Å². The number of carbonyl (C=O) groups excluding carboxylic acids is 1. The largest absolute Gasteiger partial charge is 0.464 e. The third kappa shape index (κ3) is 6.50. The molecule has 3 aromatic rings. The van der Waals surface area contributed by atoms with Gasteiger partial charge in [0.05, 0.1) is 12.9 Å². The standard InChI is InChI=1S/C23H28FN6O6P/c1-14(2)10-33-23(31)15(3)29-37(32,36-16-7-5-4-6-8-16)13-34-18-9-17(24)22(35-18)30-12-28-19-20(25)26-11-27-21(19)30/h4-9,11-12,14-15,18,22H,10,13H2,1-3H3,(H,29,32)(H2,25,26,27)/t15?,18-,22+,37?/m0/s1. The average molecular weight is 534 g/mol. The quantitative estimate of drug-likeness (QED) is 0.274. The Balaban J connectivity index is 1.45. The van der Waals surface area contributed by atoms with Crippen LogP contribution >= 0.6 is 7.52 Å². The Morgan fingerprint density at radius 3 is 2.73 bits per heavy atom. The number of aromatic nitrogens is 4. The molecule has 0 spiro atoms. The summed E-state index contributed by atoms with van der Waals surface area (Å²) in [6.07, 6.45) is 0.678. The molecule has 0 saturated carbocycles. The zero-order valence-electron chi connectivity index (χ0n) is 20.5. The van der Waals surface area contributed by atoms with Gasteiger partial charge in [-0.3, -0.25) is 13.9 Å². The summed E-state index contributed by atoms with van der Waals surface area (Å²) >= 11 is 0. The fourth-order valence-corrected chi connectivity index (χ4v) is 5.09. The number of ether oxygens (including phenoxy) is 3. The Morgan fingerprint density at radius 1 is 1.24 bits per heavy atom. The first-order valence-electron chi connectivity index (χ1n) is 11.5. The van der Waals surface area contributed by atoms with Crippen molar-refractivity contribution >= 4 is 30.5 Å². The third-order valence-corrected chi connectivity index (χ3v) is 6.92. The summed E-state index contributed by atoms with van der Waals surface area (Å²) in [6, 6.07) is 7.42. The molecule has 4 rings (SSSR count). The van der Waals surface area contributed by atoms with Gasteiger partial charge in [-0.1, -0.05) is 32.0 Å². The summed E-state index contributed by atoms with van der Waals surface area (Å²) in [5, 5.41) is 2.69. The molecule has 0 bridgehead atoms. The van der Waals surface area contributed by atoms with Crippen LogP contribution in [0.5, 0.6) is 5.75 Å². The molecule has 2 aromatic heterocycles. The number of rotatable bonds is 11. The third-order valence-electron chi connectivity index (χ3n) is 5.14. The maximum Gasteiger partial charge on any atom is 0.342 e. The molecule has 3 N–H and O–H groups in total. The summed E-state index contributed by atoms with van der Waals surface area (Å²) in [5.74, 6) is -0.693. The molecule has 2 unspecified atom stereocenters. The second-order valence-corrected chi connectivity index (χ2v) is 10.8. The number of nitrogens with two attached hydrogens (primary N) is 1. The van der Waals surface area contributed by atoms with E-state index in [1.165, 1.54) is 24.1 Å². The number of fused-ring (bicyclic) bond motifs is 1. The van der Waals surface area contributed by atoms with Crippen molar-refractivity contribution < 1.29 is 32.5 Å². The van der Waals surface area contributed by atoms with Crippen LogP contribution in [0.1, 0.15) is 27.0 Å². The summed E-state index contributed by atoms with van der Waals surface area (Å²) in [5.41, 5.74) is 6.37. The lowest BCUT2D eigenvalue weighted by Gasteiger charge is -2.25. The fraction of sp³-hybridized carbons (Fsp3) is 0.391. The molecule has 14 heteroatoms. The van der Waals surface area contributed by atoms with Gasteiger partial charge in [0.1, 0.15) is 23.6 Å². The first kappa shape index (κ1) is 26.7. The molecule has 12 nitrogen and oxygen atoms in total. The van der Waals surface area contributed by atoms with Crippen molar-refractivity contribution in [2.45, 2.75) is 39.3 Å². The monoisotopic (exact) mass is 534 g/mol. The maximum absolute atomic E-state index is 14.8. The van der Waals surface area contributed by atoms with E-state index in [1.54, 1.807) is 30.3 Å². The number of hydrogen-bond acceptors (Lipinski definition) is 10. The number of nitrogens with one attached hydrogen (secondary N) is 1. The minimum absolute atomic E-state index is 0.136. The average Bonchev–Trinajstić information content (AvgIpc) is 3.45. The highest BCUT2D eigenvalue weighted by molar-refractivity contribution is 7.57. The van der Waals surface area contributed by atoms with Crippen molar-refractivity contribution in [3.63, 3.8) is 0 Å². The van der Waals surface area contributed by atoms with E-state index in [1.807, 2.05) is 13.8 Å². The van der Waals surface area contributed by atoms with Gasteiger partial charge in [-0.25, -0.2) is 24.4 Å². The molecular formula is C23H28FN6O6P. The molecule has 1 aliphatic rings. The van der Waals surface area contributed by atoms with Gasteiger partial charge < -0.3 is 24.5 Å². The smallest absolute Gasteiger partial charge is 0.342 e. The molecule has 198 valence electrons. The predicted molar refractivity (Wildman–Crippen MR) is 132 cm³/mol. The summed E-state index contributed by atoms with van der Waals surface area (Å²) in [7, 11) is -3.86. The van der Waals surface area contributed by atoms with E-state index in [4.69, 9.17) is 24.5 Å². The van der Waals surface area contributed by atoms with Crippen LogP contribution in [0.2, 0.25) is 0 Å². The van der Waals surface area contributed by atoms with Crippen LogP contribution in [-0.2, 0) is 23.6 Å². The number of carbonyl (C=O) groups is 1. The molecule has 1 aromatic carbocycles. The normalized spacial score (nSPS) is 20.0. The first-order chi connectivity index (χ1) is 17.6. The lowest BCUT2D eigenvalue weighted by atomic mass is 10.2. The van der Waals surface area contributed by atoms with Crippen molar-refractivity contribution in [1.82, 2.24) is 24.6 Å². The van der Waals surface area contributed by atoms with Crippen molar-refractivity contribution in [3.8, 4) is 5.75 Å². The molecular weight excluding hydrogens is 506 g/mol. The van der Waals surface area contributed by atoms with E-state index < -0.39 is 44.2 Å². The number of esters is 1. The lowest BCUT2D eigenvalue weighted by Crippen LogP contribution is -2.36. The molecule has 3 heterocycles.